The maximum atomic E-state index is 12.4. The van der Waals surface area contributed by atoms with Gasteiger partial charge in [0.2, 0.25) is 5.91 Å². The normalized spacial score (nSPS) is 26.1. The van der Waals surface area contributed by atoms with Crippen molar-refractivity contribution >= 4 is 23.1 Å². The molecule has 110 valence electrons. The van der Waals surface area contributed by atoms with E-state index in [0.29, 0.717) is 25.3 Å². The van der Waals surface area contributed by atoms with Crippen molar-refractivity contribution < 1.29 is 10.0 Å². The van der Waals surface area contributed by atoms with Gasteiger partial charge in [0.05, 0.1) is 6.54 Å². The number of hydrogen-bond acceptors (Lipinski definition) is 4. The van der Waals surface area contributed by atoms with Crippen LogP contribution < -0.4 is 11.1 Å². The summed E-state index contributed by atoms with van der Waals surface area (Å²) in [5, 5.41) is 14.8. The second-order valence-corrected chi connectivity index (χ2v) is 6.74. The van der Waals surface area contributed by atoms with Gasteiger partial charge in [0.25, 0.3) is 0 Å². The molecule has 1 fully saturated rings. The van der Waals surface area contributed by atoms with E-state index in [4.69, 9.17) is 10.9 Å². The first-order valence-electron chi connectivity index (χ1n) is 6.85. The molecule has 0 aromatic carbocycles. The number of nitrogens with zero attached hydrogens (tertiary/aromatic N) is 1. The average Bonchev–Trinajstić information content (AvgIpc) is 2.88. The van der Waals surface area contributed by atoms with Crippen LogP contribution in [0.2, 0.25) is 0 Å². The van der Waals surface area contributed by atoms with Crippen molar-refractivity contribution in [3.05, 3.63) is 21.9 Å². The van der Waals surface area contributed by atoms with E-state index in [1.807, 2.05) is 6.07 Å². The van der Waals surface area contributed by atoms with Crippen molar-refractivity contribution in [3.8, 4) is 0 Å². The van der Waals surface area contributed by atoms with E-state index in [2.05, 4.69) is 30.4 Å². The zero-order valence-electron chi connectivity index (χ0n) is 11.8. The van der Waals surface area contributed by atoms with Gasteiger partial charge in [-0.2, -0.15) is 0 Å². The van der Waals surface area contributed by atoms with Crippen LogP contribution in [0, 0.1) is 11.3 Å². The van der Waals surface area contributed by atoms with Crippen LogP contribution >= 0.6 is 11.3 Å². The lowest BCUT2D eigenvalue weighted by atomic mass is 9.61. The highest BCUT2D eigenvalue weighted by molar-refractivity contribution is 7.11. The number of carbonyl (C=O) groups is 1. The molecule has 2 rings (SSSR count). The van der Waals surface area contributed by atoms with Gasteiger partial charge >= 0.3 is 0 Å². The standard InChI is InChI=1S/C14H21N3O2S/c1-3-10-4-5-11(20-10)8-16-13(18)14(12(15)17-19)6-9(2)7-14/h4-5,9,19H,3,6-8H2,1-2H3,(H2,15,17)(H,16,18). The van der Waals surface area contributed by atoms with Gasteiger partial charge in [-0.1, -0.05) is 19.0 Å². The molecule has 0 radical (unpaired) electrons. The van der Waals surface area contributed by atoms with Crippen LogP contribution in [0.15, 0.2) is 17.3 Å². The van der Waals surface area contributed by atoms with Crippen LogP contribution in [0.3, 0.4) is 0 Å². The van der Waals surface area contributed by atoms with E-state index < -0.39 is 5.41 Å². The fraction of sp³-hybridized carbons (Fsp3) is 0.571. The molecule has 1 heterocycles. The Morgan fingerprint density at radius 1 is 1.55 bits per heavy atom. The maximum absolute atomic E-state index is 12.4. The van der Waals surface area contributed by atoms with Crippen LogP contribution in [0.5, 0.6) is 0 Å². The minimum Gasteiger partial charge on any atom is -0.409 e. The Hall–Kier alpha value is -1.56. The molecule has 0 aliphatic heterocycles. The third-order valence-electron chi connectivity index (χ3n) is 3.92. The Kier molecular flexibility index (Phi) is 4.32. The van der Waals surface area contributed by atoms with Crippen molar-refractivity contribution in [1.82, 2.24) is 5.32 Å². The molecule has 0 saturated heterocycles. The number of amides is 1. The second-order valence-electron chi connectivity index (χ2n) is 5.49. The summed E-state index contributed by atoms with van der Waals surface area (Å²) in [7, 11) is 0. The van der Waals surface area contributed by atoms with Gasteiger partial charge in [-0.05, 0) is 37.3 Å². The van der Waals surface area contributed by atoms with Crippen LogP contribution in [-0.4, -0.2) is 17.0 Å². The highest BCUT2D eigenvalue weighted by atomic mass is 32.1. The second kappa shape index (κ2) is 5.83. The first-order chi connectivity index (χ1) is 9.51. The Morgan fingerprint density at radius 2 is 2.20 bits per heavy atom. The van der Waals surface area contributed by atoms with Gasteiger partial charge in [-0.3, -0.25) is 4.79 Å². The van der Waals surface area contributed by atoms with E-state index >= 15 is 0 Å². The number of oxime groups is 1. The Bertz CT molecular complexity index is 518. The summed E-state index contributed by atoms with van der Waals surface area (Å²) in [6.45, 7) is 4.67. The lowest BCUT2D eigenvalue weighted by Crippen LogP contribution is -2.56. The lowest BCUT2D eigenvalue weighted by molar-refractivity contribution is -0.133. The molecule has 20 heavy (non-hydrogen) atoms. The zero-order chi connectivity index (χ0) is 14.8. The number of nitrogens with one attached hydrogen (secondary N) is 1. The molecule has 0 bridgehead atoms. The van der Waals surface area contributed by atoms with Crippen molar-refractivity contribution in [3.63, 3.8) is 0 Å². The predicted molar refractivity (Wildman–Crippen MR) is 79.8 cm³/mol. The molecule has 1 amide bonds. The number of nitrogens with two attached hydrogens (primary N) is 1. The monoisotopic (exact) mass is 295 g/mol. The van der Waals surface area contributed by atoms with Gasteiger partial charge in [-0.15, -0.1) is 11.3 Å². The topological polar surface area (TPSA) is 87.7 Å². The summed E-state index contributed by atoms with van der Waals surface area (Å²) in [6.07, 6.45) is 2.28. The average molecular weight is 295 g/mol. The molecule has 1 aliphatic rings. The Morgan fingerprint density at radius 3 is 2.70 bits per heavy atom. The van der Waals surface area contributed by atoms with Gasteiger partial charge < -0.3 is 16.3 Å². The molecule has 1 aliphatic carbocycles. The van der Waals surface area contributed by atoms with Crippen LogP contribution in [0.4, 0.5) is 0 Å². The summed E-state index contributed by atoms with van der Waals surface area (Å²) in [6, 6.07) is 4.11. The first-order valence-corrected chi connectivity index (χ1v) is 7.67. The van der Waals surface area contributed by atoms with Crippen molar-refractivity contribution in [1.29, 1.82) is 0 Å². The maximum Gasteiger partial charge on any atom is 0.234 e. The van der Waals surface area contributed by atoms with E-state index in [1.165, 1.54) is 4.88 Å². The molecule has 5 nitrogen and oxygen atoms in total. The third kappa shape index (κ3) is 2.65. The van der Waals surface area contributed by atoms with Gasteiger partial charge in [-0.25, -0.2) is 0 Å². The number of aryl methyl sites for hydroxylation is 1. The van der Waals surface area contributed by atoms with Crippen molar-refractivity contribution in [2.45, 2.75) is 39.7 Å². The summed E-state index contributed by atoms with van der Waals surface area (Å²) < 4.78 is 0. The number of amidine groups is 1. The van der Waals surface area contributed by atoms with Crippen molar-refractivity contribution in [2.75, 3.05) is 0 Å². The number of thiophene rings is 1. The molecule has 0 atom stereocenters. The highest BCUT2D eigenvalue weighted by Crippen LogP contribution is 2.45. The predicted octanol–water partition coefficient (Wildman–Crippen LogP) is 2.09. The minimum absolute atomic E-state index is 0.0218. The van der Waals surface area contributed by atoms with E-state index in [-0.39, 0.29) is 11.7 Å². The number of hydrogen-bond donors (Lipinski definition) is 3. The quantitative estimate of drug-likeness (QED) is 0.336. The highest BCUT2D eigenvalue weighted by Gasteiger charge is 2.52. The SMILES string of the molecule is CCc1ccc(CNC(=O)C2(/C(N)=N/O)CC(C)C2)s1. The number of carbonyl (C=O) groups excluding carboxylic acids is 1. The fourth-order valence-corrected chi connectivity index (χ4v) is 3.68. The van der Waals surface area contributed by atoms with E-state index in [1.54, 1.807) is 11.3 Å². The first kappa shape index (κ1) is 14.8. The van der Waals surface area contributed by atoms with Gasteiger partial charge in [0.1, 0.15) is 5.41 Å². The fourth-order valence-electron chi connectivity index (χ4n) is 2.78. The molecule has 0 unspecified atom stereocenters. The van der Waals surface area contributed by atoms with Crippen LogP contribution in [0.1, 0.15) is 36.4 Å². The molecule has 1 saturated carbocycles. The molecule has 0 spiro atoms. The summed E-state index contributed by atoms with van der Waals surface area (Å²) in [4.78, 5) is 14.8. The zero-order valence-corrected chi connectivity index (χ0v) is 12.7. The van der Waals surface area contributed by atoms with Crippen LogP contribution in [0.25, 0.3) is 0 Å². The van der Waals surface area contributed by atoms with Crippen LogP contribution in [-0.2, 0) is 17.8 Å². The summed E-state index contributed by atoms with van der Waals surface area (Å²) in [5.74, 6) is 0.306. The smallest absolute Gasteiger partial charge is 0.234 e. The largest absolute Gasteiger partial charge is 0.409 e. The molecule has 1 aromatic heterocycles. The van der Waals surface area contributed by atoms with Crippen molar-refractivity contribution in [2.24, 2.45) is 22.2 Å². The van der Waals surface area contributed by atoms with E-state index in [9.17, 15) is 4.79 Å². The lowest BCUT2D eigenvalue weighted by Gasteiger charge is -2.43. The summed E-state index contributed by atoms with van der Waals surface area (Å²) >= 11 is 1.70. The van der Waals surface area contributed by atoms with Gasteiger partial charge in [0.15, 0.2) is 5.84 Å². The molecule has 1 aromatic rings. The third-order valence-corrected chi connectivity index (χ3v) is 5.15. The Labute approximate surface area is 122 Å². The molecular weight excluding hydrogens is 274 g/mol. The van der Waals surface area contributed by atoms with E-state index in [0.717, 1.165) is 11.3 Å². The summed E-state index contributed by atoms with van der Waals surface area (Å²) in [5.41, 5.74) is 4.89. The molecular formula is C14H21N3O2S. The minimum atomic E-state index is -0.820. The number of rotatable bonds is 5. The Balaban J connectivity index is 1.99. The van der Waals surface area contributed by atoms with Gasteiger partial charge in [0, 0.05) is 9.75 Å². The molecule has 4 N–H and O–H groups in total. The molecule has 6 heteroatoms.